The largest absolute Gasteiger partial charge is 0.469 e. The van der Waals surface area contributed by atoms with Gasteiger partial charge in [0.25, 0.3) is 0 Å². The second-order valence-electron chi connectivity index (χ2n) is 6.77. The summed E-state index contributed by atoms with van der Waals surface area (Å²) in [7, 11) is 0. The number of amides is 1. The molecule has 4 rings (SSSR count). The summed E-state index contributed by atoms with van der Waals surface area (Å²) in [5.41, 5.74) is 1.99. The van der Waals surface area contributed by atoms with Gasteiger partial charge in [-0.25, -0.2) is 0 Å². The minimum Gasteiger partial charge on any atom is -0.469 e. The number of aromatic nitrogens is 1. The maximum absolute atomic E-state index is 13.3. The molecule has 1 aromatic carbocycles. The molecule has 1 fully saturated rings. The van der Waals surface area contributed by atoms with Crippen LogP contribution in [0.2, 0.25) is 0 Å². The SMILES string of the molecule is O=C(C(Cc1ccccn1)c1ccccc1)N1CCC(c2ccco2)C1. The van der Waals surface area contributed by atoms with Crippen molar-refractivity contribution in [3.05, 3.63) is 90.1 Å². The molecule has 0 radical (unpaired) electrons. The van der Waals surface area contributed by atoms with Crippen LogP contribution in [0.3, 0.4) is 0 Å². The maximum atomic E-state index is 13.3. The molecule has 2 atom stereocenters. The summed E-state index contributed by atoms with van der Waals surface area (Å²) in [6.45, 7) is 1.49. The second-order valence-corrected chi connectivity index (χ2v) is 6.77. The Labute approximate surface area is 153 Å². The van der Waals surface area contributed by atoms with E-state index < -0.39 is 0 Å². The first-order chi connectivity index (χ1) is 12.8. The topological polar surface area (TPSA) is 46.3 Å². The first-order valence-corrected chi connectivity index (χ1v) is 9.08. The fraction of sp³-hybridized carbons (Fsp3) is 0.273. The van der Waals surface area contributed by atoms with Gasteiger partial charge in [0, 0.05) is 37.3 Å². The van der Waals surface area contributed by atoms with Crippen LogP contribution >= 0.6 is 0 Å². The van der Waals surface area contributed by atoms with Crippen LogP contribution in [-0.2, 0) is 11.2 Å². The number of hydrogen-bond acceptors (Lipinski definition) is 3. The van der Waals surface area contributed by atoms with Crippen molar-refractivity contribution in [1.82, 2.24) is 9.88 Å². The summed E-state index contributed by atoms with van der Waals surface area (Å²) in [5, 5.41) is 0. The van der Waals surface area contributed by atoms with Crippen molar-refractivity contribution in [2.45, 2.75) is 24.7 Å². The molecule has 0 bridgehead atoms. The van der Waals surface area contributed by atoms with Crippen LogP contribution in [-0.4, -0.2) is 28.9 Å². The van der Waals surface area contributed by atoms with E-state index in [4.69, 9.17) is 4.42 Å². The Balaban J connectivity index is 1.54. The fourth-order valence-corrected chi connectivity index (χ4v) is 3.70. The van der Waals surface area contributed by atoms with Gasteiger partial charge < -0.3 is 9.32 Å². The molecule has 0 spiro atoms. The van der Waals surface area contributed by atoms with E-state index in [1.165, 1.54) is 0 Å². The van der Waals surface area contributed by atoms with Crippen LogP contribution < -0.4 is 0 Å². The molecular formula is C22H22N2O2. The van der Waals surface area contributed by atoms with Crippen molar-refractivity contribution in [2.24, 2.45) is 0 Å². The Hall–Kier alpha value is -2.88. The first-order valence-electron chi connectivity index (χ1n) is 9.08. The van der Waals surface area contributed by atoms with Crippen LogP contribution in [0.1, 0.15) is 35.3 Å². The molecule has 1 saturated heterocycles. The van der Waals surface area contributed by atoms with Gasteiger partial charge in [-0.15, -0.1) is 0 Å². The van der Waals surface area contributed by atoms with Crippen LogP contribution in [0.25, 0.3) is 0 Å². The summed E-state index contributed by atoms with van der Waals surface area (Å²) < 4.78 is 5.54. The zero-order valence-electron chi connectivity index (χ0n) is 14.6. The molecule has 0 saturated carbocycles. The number of hydrogen-bond donors (Lipinski definition) is 0. The first kappa shape index (κ1) is 16.6. The highest BCUT2D eigenvalue weighted by molar-refractivity contribution is 5.84. The van der Waals surface area contributed by atoms with Gasteiger partial charge in [0.05, 0.1) is 12.2 Å². The molecular weight excluding hydrogens is 324 g/mol. The number of likely N-dealkylation sites (tertiary alicyclic amines) is 1. The molecule has 2 aromatic heterocycles. The maximum Gasteiger partial charge on any atom is 0.230 e. The van der Waals surface area contributed by atoms with Crippen molar-refractivity contribution < 1.29 is 9.21 Å². The Morgan fingerprint density at radius 2 is 1.96 bits per heavy atom. The third-order valence-corrected chi connectivity index (χ3v) is 5.08. The van der Waals surface area contributed by atoms with E-state index in [0.717, 1.165) is 36.5 Å². The molecule has 3 heterocycles. The standard InChI is InChI=1S/C22H22N2O2/c25-22(24-13-11-18(16-24)21-10-6-14-26-21)20(17-7-2-1-3-8-17)15-19-9-4-5-12-23-19/h1-10,12,14,18,20H,11,13,15-16H2. The average molecular weight is 346 g/mol. The molecule has 3 aromatic rings. The minimum atomic E-state index is -0.207. The molecule has 1 aliphatic heterocycles. The molecule has 4 nitrogen and oxygen atoms in total. The average Bonchev–Trinajstić information content (AvgIpc) is 3.38. The third kappa shape index (κ3) is 3.54. The number of carbonyl (C=O) groups is 1. The van der Waals surface area contributed by atoms with Gasteiger partial charge in [-0.05, 0) is 36.2 Å². The third-order valence-electron chi connectivity index (χ3n) is 5.08. The number of benzene rings is 1. The van der Waals surface area contributed by atoms with Crippen LogP contribution in [0.4, 0.5) is 0 Å². The van der Waals surface area contributed by atoms with E-state index in [1.54, 1.807) is 12.5 Å². The number of pyridine rings is 1. The van der Waals surface area contributed by atoms with Crippen LogP contribution in [0, 0.1) is 0 Å². The Morgan fingerprint density at radius 1 is 1.12 bits per heavy atom. The zero-order valence-corrected chi connectivity index (χ0v) is 14.6. The summed E-state index contributed by atoms with van der Waals surface area (Å²) in [5.74, 6) is 1.24. The lowest BCUT2D eigenvalue weighted by Gasteiger charge is -2.24. The van der Waals surface area contributed by atoms with E-state index in [2.05, 4.69) is 4.98 Å². The van der Waals surface area contributed by atoms with E-state index in [1.807, 2.05) is 65.6 Å². The number of rotatable bonds is 5. The molecule has 0 N–H and O–H groups in total. The van der Waals surface area contributed by atoms with Crippen molar-refractivity contribution in [2.75, 3.05) is 13.1 Å². The van der Waals surface area contributed by atoms with E-state index in [9.17, 15) is 4.79 Å². The van der Waals surface area contributed by atoms with Gasteiger partial charge in [0.1, 0.15) is 5.76 Å². The molecule has 0 aliphatic carbocycles. The van der Waals surface area contributed by atoms with Gasteiger partial charge in [0.15, 0.2) is 0 Å². The van der Waals surface area contributed by atoms with Gasteiger partial charge in [-0.1, -0.05) is 36.4 Å². The van der Waals surface area contributed by atoms with Crippen LogP contribution in [0.5, 0.6) is 0 Å². The highest BCUT2D eigenvalue weighted by atomic mass is 16.3. The summed E-state index contributed by atoms with van der Waals surface area (Å²) >= 11 is 0. The van der Waals surface area contributed by atoms with Crippen molar-refractivity contribution in [3.63, 3.8) is 0 Å². The molecule has 4 heteroatoms. The van der Waals surface area contributed by atoms with E-state index in [-0.39, 0.29) is 11.8 Å². The lowest BCUT2D eigenvalue weighted by molar-refractivity contribution is -0.131. The fourth-order valence-electron chi connectivity index (χ4n) is 3.70. The van der Waals surface area contributed by atoms with Gasteiger partial charge in [-0.2, -0.15) is 0 Å². The predicted molar refractivity (Wildman–Crippen MR) is 99.8 cm³/mol. The van der Waals surface area contributed by atoms with Gasteiger partial charge >= 0.3 is 0 Å². The number of nitrogens with zero attached hydrogens (tertiary/aromatic N) is 2. The monoisotopic (exact) mass is 346 g/mol. The molecule has 1 amide bonds. The normalized spacial score (nSPS) is 18.0. The summed E-state index contributed by atoms with van der Waals surface area (Å²) in [6.07, 6.45) is 5.05. The Kier molecular flexibility index (Phi) is 4.82. The highest BCUT2D eigenvalue weighted by Crippen LogP contribution is 2.31. The molecule has 26 heavy (non-hydrogen) atoms. The summed E-state index contributed by atoms with van der Waals surface area (Å²) in [6, 6.07) is 19.8. The highest BCUT2D eigenvalue weighted by Gasteiger charge is 2.33. The predicted octanol–water partition coefficient (Wildman–Crippen LogP) is 4.02. The van der Waals surface area contributed by atoms with Crippen molar-refractivity contribution in [3.8, 4) is 0 Å². The van der Waals surface area contributed by atoms with Crippen LogP contribution in [0.15, 0.2) is 77.5 Å². The number of carbonyl (C=O) groups excluding carboxylic acids is 1. The number of furan rings is 1. The molecule has 1 aliphatic rings. The van der Waals surface area contributed by atoms with E-state index >= 15 is 0 Å². The lowest BCUT2D eigenvalue weighted by atomic mass is 9.92. The Morgan fingerprint density at radius 3 is 2.69 bits per heavy atom. The quantitative estimate of drug-likeness (QED) is 0.701. The van der Waals surface area contributed by atoms with Gasteiger partial charge in [0.2, 0.25) is 5.91 Å². The summed E-state index contributed by atoms with van der Waals surface area (Å²) in [4.78, 5) is 19.7. The van der Waals surface area contributed by atoms with Crippen molar-refractivity contribution >= 4 is 5.91 Å². The van der Waals surface area contributed by atoms with E-state index in [0.29, 0.717) is 12.3 Å². The van der Waals surface area contributed by atoms with Crippen molar-refractivity contribution in [1.29, 1.82) is 0 Å². The Bertz CT molecular complexity index is 831. The van der Waals surface area contributed by atoms with Gasteiger partial charge in [-0.3, -0.25) is 9.78 Å². The zero-order chi connectivity index (χ0) is 17.8. The molecule has 132 valence electrons. The minimum absolute atomic E-state index is 0.177. The lowest BCUT2D eigenvalue weighted by Crippen LogP contribution is -2.34. The second kappa shape index (κ2) is 7.56. The smallest absolute Gasteiger partial charge is 0.230 e. The molecule has 2 unspecified atom stereocenters.